The summed E-state index contributed by atoms with van der Waals surface area (Å²) >= 11 is 0. The second kappa shape index (κ2) is 1.78. The quantitative estimate of drug-likeness (QED) is 0.500. The zero-order chi connectivity index (χ0) is 7.12. The molecule has 0 aliphatic carbocycles. The van der Waals surface area contributed by atoms with Gasteiger partial charge in [-0.25, -0.2) is 4.57 Å². The molecule has 1 aliphatic rings. The van der Waals surface area contributed by atoms with E-state index < -0.39 is 13.5 Å². The van der Waals surface area contributed by atoms with Crippen LogP contribution in [0, 0.1) is 0 Å². The van der Waals surface area contributed by atoms with Gasteiger partial charge in [-0.2, -0.15) is 0 Å². The lowest BCUT2D eigenvalue weighted by Gasteiger charge is -2.10. The standard InChI is InChI=1S/C4H8FO3P/c1-4(2)3-7-9(5,6)8-4/h3H2,1-2H3. The van der Waals surface area contributed by atoms with Crippen molar-refractivity contribution >= 4 is 7.91 Å². The Hall–Kier alpha value is 0.0800. The van der Waals surface area contributed by atoms with Crippen LogP contribution in [0.4, 0.5) is 4.20 Å². The molecule has 1 saturated heterocycles. The highest BCUT2D eigenvalue weighted by molar-refractivity contribution is 7.48. The fraction of sp³-hybridized carbons (Fsp3) is 1.00. The van der Waals surface area contributed by atoms with Crippen molar-refractivity contribution in [1.29, 1.82) is 0 Å². The molecule has 1 atom stereocenters. The lowest BCUT2D eigenvalue weighted by Crippen LogP contribution is -2.20. The molecule has 0 aromatic heterocycles. The van der Waals surface area contributed by atoms with Gasteiger partial charge < -0.3 is 0 Å². The summed E-state index contributed by atoms with van der Waals surface area (Å²) in [7, 11) is -4.16. The average molecular weight is 154 g/mol. The molecular formula is C4H8FO3P. The molecular weight excluding hydrogens is 146 g/mol. The van der Waals surface area contributed by atoms with Crippen molar-refractivity contribution in [2.24, 2.45) is 0 Å². The topological polar surface area (TPSA) is 35.5 Å². The Morgan fingerprint density at radius 2 is 2.22 bits per heavy atom. The summed E-state index contributed by atoms with van der Waals surface area (Å²) in [4.78, 5) is 0. The minimum Gasteiger partial charge on any atom is -0.281 e. The van der Waals surface area contributed by atoms with Gasteiger partial charge in [-0.15, -0.1) is 4.20 Å². The van der Waals surface area contributed by atoms with Gasteiger partial charge in [-0.05, 0) is 13.8 Å². The van der Waals surface area contributed by atoms with E-state index in [1.165, 1.54) is 0 Å². The van der Waals surface area contributed by atoms with Crippen LogP contribution in [0.3, 0.4) is 0 Å². The summed E-state index contributed by atoms with van der Waals surface area (Å²) in [5.74, 6) is 0. The maximum atomic E-state index is 12.2. The number of hydrogen-bond acceptors (Lipinski definition) is 3. The van der Waals surface area contributed by atoms with Gasteiger partial charge in [-0.1, -0.05) is 0 Å². The van der Waals surface area contributed by atoms with Crippen LogP contribution in [0.2, 0.25) is 0 Å². The van der Waals surface area contributed by atoms with Crippen molar-refractivity contribution in [2.45, 2.75) is 19.4 Å². The monoisotopic (exact) mass is 154 g/mol. The molecule has 5 heteroatoms. The highest BCUT2D eigenvalue weighted by atomic mass is 31.2. The van der Waals surface area contributed by atoms with E-state index in [9.17, 15) is 8.76 Å². The summed E-state index contributed by atoms with van der Waals surface area (Å²) < 4.78 is 31.2. The third-order valence-electron chi connectivity index (χ3n) is 0.923. The molecule has 1 aliphatic heterocycles. The molecule has 0 amide bonds. The van der Waals surface area contributed by atoms with E-state index in [2.05, 4.69) is 9.05 Å². The minimum atomic E-state index is -4.16. The fourth-order valence-corrected chi connectivity index (χ4v) is 1.74. The Kier molecular flexibility index (Phi) is 1.42. The van der Waals surface area contributed by atoms with Gasteiger partial charge >= 0.3 is 7.91 Å². The largest absolute Gasteiger partial charge is 0.513 e. The van der Waals surface area contributed by atoms with E-state index >= 15 is 0 Å². The molecule has 0 radical (unpaired) electrons. The SMILES string of the molecule is CC1(C)COP(=O)(F)O1. The second-order valence-electron chi connectivity index (χ2n) is 2.56. The van der Waals surface area contributed by atoms with Crippen molar-refractivity contribution in [1.82, 2.24) is 0 Å². The van der Waals surface area contributed by atoms with Gasteiger partial charge in [0.25, 0.3) is 0 Å². The van der Waals surface area contributed by atoms with Crippen molar-refractivity contribution in [2.75, 3.05) is 6.61 Å². The Morgan fingerprint density at radius 3 is 2.33 bits per heavy atom. The smallest absolute Gasteiger partial charge is 0.281 e. The molecule has 0 saturated carbocycles. The van der Waals surface area contributed by atoms with E-state index in [-0.39, 0.29) is 6.61 Å². The molecule has 0 bridgehead atoms. The van der Waals surface area contributed by atoms with Crippen LogP contribution in [0.5, 0.6) is 0 Å². The van der Waals surface area contributed by atoms with Gasteiger partial charge in [0.2, 0.25) is 0 Å². The minimum absolute atomic E-state index is 0.0563. The van der Waals surface area contributed by atoms with Crippen molar-refractivity contribution < 1.29 is 17.8 Å². The summed E-state index contributed by atoms with van der Waals surface area (Å²) in [5, 5.41) is 0. The van der Waals surface area contributed by atoms with Crippen molar-refractivity contribution in [3.63, 3.8) is 0 Å². The lowest BCUT2D eigenvalue weighted by atomic mass is 10.2. The van der Waals surface area contributed by atoms with Gasteiger partial charge in [0.15, 0.2) is 0 Å². The first-order valence-electron chi connectivity index (χ1n) is 2.56. The molecule has 0 N–H and O–H groups in total. The highest BCUT2D eigenvalue weighted by Crippen LogP contribution is 2.58. The maximum Gasteiger partial charge on any atom is 0.513 e. The van der Waals surface area contributed by atoms with Gasteiger partial charge in [0, 0.05) is 0 Å². The van der Waals surface area contributed by atoms with Crippen molar-refractivity contribution in [3.8, 4) is 0 Å². The first-order valence-corrected chi connectivity index (χ1v) is 4.00. The zero-order valence-corrected chi connectivity index (χ0v) is 6.15. The Morgan fingerprint density at radius 1 is 1.67 bits per heavy atom. The molecule has 1 rings (SSSR count). The molecule has 1 fully saturated rings. The predicted molar refractivity (Wildman–Crippen MR) is 29.8 cm³/mol. The third-order valence-corrected chi connectivity index (χ3v) is 2.07. The number of rotatable bonds is 0. The van der Waals surface area contributed by atoms with Crippen LogP contribution in [0.1, 0.15) is 13.8 Å². The summed E-state index contributed by atoms with van der Waals surface area (Å²) in [5.41, 5.74) is -0.732. The molecule has 0 aromatic rings. The summed E-state index contributed by atoms with van der Waals surface area (Å²) in [6.07, 6.45) is 0. The number of hydrogen-bond donors (Lipinski definition) is 0. The predicted octanol–water partition coefficient (Wildman–Crippen LogP) is 1.89. The van der Waals surface area contributed by atoms with Gasteiger partial charge in [-0.3, -0.25) is 9.05 Å². The molecule has 1 heterocycles. The molecule has 0 spiro atoms. The van der Waals surface area contributed by atoms with E-state index in [4.69, 9.17) is 0 Å². The van der Waals surface area contributed by atoms with Crippen molar-refractivity contribution in [3.05, 3.63) is 0 Å². The number of halogens is 1. The molecule has 9 heavy (non-hydrogen) atoms. The van der Waals surface area contributed by atoms with Gasteiger partial charge in [0.05, 0.1) is 12.2 Å². The van der Waals surface area contributed by atoms with Gasteiger partial charge in [0.1, 0.15) is 0 Å². The Labute approximate surface area is 52.8 Å². The molecule has 1 unspecified atom stereocenters. The van der Waals surface area contributed by atoms with Crippen LogP contribution in [0.25, 0.3) is 0 Å². The van der Waals surface area contributed by atoms with Crippen LogP contribution in [0.15, 0.2) is 0 Å². The third kappa shape index (κ3) is 1.75. The van der Waals surface area contributed by atoms with E-state index in [0.29, 0.717) is 0 Å². The van der Waals surface area contributed by atoms with E-state index in [1.54, 1.807) is 13.8 Å². The highest BCUT2D eigenvalue weighted by Gasteiger charge is 2.42. The van der Waals surface area contributed by atoms with Crippen LogP contribution in [-0.4, -0.2) is 12.2 Å². The summed E-state index contributed by atoms with van der Waals surface area (Å²) in [6.45, 7) is 3.29. The Balaban J connectivity index is 2.69. The molecule has 54 valence electrons. The second-order valence-corrected chi connectivity index (χ2v) is 3.86. The fourth-order valence-electron chi connectivity index (χ4n) is 0.580. The Bertz CT molecular complexity index is 167. The molecule has 3 nitrogen and oxygen atoms in total. The zero-order valence-electron chi connectivity index (χ0n) is 5.26. The average Bonchev–Trinajstić information content (AvgIpc) is 1.78. The lowest BCUT2D eigenvalue weighted by molar-refractivity contribution is 0.133. The van der Waals surface area contributed by atoms with Crippen LogP contribution >= 0.6 is 7.91 Å². The van der Waals surface area contributed by atoms with E-state index in [1.807, 2.05) is 0 Å². The first-order chi connectivity index (χ1) is 3.91. The maximum absolute atomic E-state index is 12.2. The summed E-state index contributed by atoms with van der Waals surface area (Å²) in [6, 6.07) is 0. The normalized spacial score (nSPS) is 41.2. The van der Waals surface area contributed by atoms with Crippen LogP contribution < -0.4 is 0 Å². The van der Waals surface area contributed by atoms with Crippen LogP contribution in [-0.2, 0) is 13.6 Å². The molecule has 0 aromatic carbocycles. The first kappa shape index (κ1) is 7.19. The van der Waals surface area contributed by atoms with E-state index in [0.717, 1.165) is 0 Å².